The van der Waals surface area contributed by atoms with Gasteiger partial charge < -0.3 is 11.1 Å². The van der Waals surface area contributed by atoms with Gasteiger partial charge in [0, 0.05) is 6.04 Å². The van der Waals surface area contributed by atoms with Gasteiger partial charge >= 0.3 is 0 Å². The first-order chi connectivity index (χ1) is 8.42. The Morgan fingerprint density at radius 2 is 1.61 bits per heavy atom. The molecule has 3 N–H and O–H groups in total. The molecule has 1 rings (SSSR count). The van der Waals surface area contributed by atoms with Gasteiger partial charge in [-0.25, -0.2) is 0 Å². The second-order valence-corrected chi connectivity index (χ2v) is 5.72. The van der Waals surface area contributed by atoms with E-state index in [2.05, 4.69) is 52.1 Å². The predicted molar refractivity (Wildman–Crippen MR) is 79.8 cm³/mol. The minimum atomic E-state index is 0.343. The number of benzene rings is 1. The lowest BCUT2D eigenvalue weighted by molar-refractivity contribution is 0.297. The first-order valence-corrected chi connectivity index (χ1v) is 6.87. The van der Waals surface area contributed by atoms with Crippen LogP contribution in [-0.4, -0.2) is 13.6 Å². The molecular weight excluding hydrogens is 220 g/mol. The van der Waals surface area contributed by atoms with E-state index in [0.717, 1.165) is 6.54 Å². The van der Waals surface area contributed by atoms with Gasteiger partial charge in [-0.1, -0.05) is 31.5 Å². The van der Waals surface area contributed by atoms with Crippen LogP contribution in [0.5, 0.6) is 0 Å². The monoisotopic (exact) mass is 248 g/mol. The molecule has 0 bridgehead atoms. The van der Waals surface area contributed by atoms with Crippen LogP contribution in [0.1, 0.15) is 42.1 Å². The largest absolute Gasteiger partial charge is 0.330 e. The van der Waals surface area contributed by atoms with E-state index in [-0.39, 0.29) is 0 Å². The molecule has 0 aliphatic heterocycles. The third kappa shape index (κ3) is 3.12. The van der Waals surface area contributed by atoms with Crippen molar-refractivity contribution in [3.05, 3.63) is 34.4 Å². The molecule has 1 aromatic rings. The summed E-state index contributed by atoms with van der Waals surface area (Å²) in [6.45, 7) is 11.8. The highest BCUT2D eigenvalue weighted by Gasteiger charge is 2.25. The second kappa shape index (κ2) is 6.35. The number of hydrogen-bond acceptors (Lipinski definition) is 2. The first kappa shape index (κ1) is 15.2. The Hall–Kier alpha value is -0.860. The molecule has 102 valence electrons. The summed E-state index contributed by atoms with van der Waals surface area (Å²) in [4.78, 5) is 0. The third-order valence-electron chi connectivity index (χ3n) is 3.92. The molecule has 18 heavy (non-hydrogen) atoms. The van der Waals surface area contributed by atoms with Gasteiger partial charge in [-0.2, -0.15) is 0 Å². The van der Waals surface area contributed by atoms with E-state index in [9.17, 15) is 0 Å². The molecular formula is C16H28N2. The summed E-state index contributed by atoms with van der Waals surface area (Å²) in [5.41, 5.74) is 11.5. The Morgan fingerprint density at radius 3 is 1.94 bits per heavy atom. The molecule has 0 saturated carbocycles. The van der Waals surface area contributed by atoms with Crippen LogP contribution in [0.4, 0.5) is 0 Å². The maximum absolute atomic E-state index is 5.98. The van der Waals surface area contributed by atoms with Crippen LogP contribution in [0, 0.1) is 32.6 Å². The van der Waals surface area contributed by atoms with Crippen molar-refractivity contribution in [2.45, 2.75) is 40.7 Å². The molecule has 0 spiro atoms. The van der Waals surface area contributed by atoms with E-state index < -0.39 is 0 Å². The molecule has 1 aromatic carbocycles. The topological polar surface area (TPSA) is 38.0 Å². The first-order valence-electron chi connectivity index (χ1n) is 6.87. The molecule has 2 heteroatoms. The number of hydrogen-bond donors (Lipinski definition) is 2. The Labute approximate surface area is 112 Å². The van der Waals surface area contributed by atoms with Crippen molar-refractivity contribution in [3.63, 3.8) is 0 Å². The predicted octanol–water partition coefficient (Wildman–Crippen LogP) is 3.10. The average Bonchev–Trinajstić information content (AvgIpc) is 2.25. The number of nitrogens with two attached hydrogens (primary N) is 1. The van der Waals surface area contributed by atoms with E-state index in [1.807, 2.05) is 7.05 Å². The van der Waals surface area contributed by atoms with Gasteiger partial charge in [0.2, 0.25) is 0 Å². The highest BCUT2D eigenvalue weighted by atomic mass is 14.9. The van der Waals surface area contributed by atoms with E-state index in [0.29, 0.717) is 17.9 Å². The molecule has 0 aliphatic rings. The van der Waals surface area contributed by atoms with Crippen LogP contribution in [-0.2, 0) is 0 Å². The van der Waals surface area contributed by atoms with Crippen LogP contribution in [0.25, 0.3) is 0 Å². The van der Waals surface area contributed by atoms with Crippen molar-refractivity contribution in [1.82, 2.24) is 5.32 Å². The summed E-state index contributed by atoms with van der Waals surface area (Å²) in [6, 6.07) is 4.87. The Bertz CT molecular complexity index is 373. The van der Waals surface area contributed by atoms with Gasteiger partial charge in [0.15, 0.2) is 0 Å². The molecule has 0 aromatic heterocycles. The fourth-order valence-electron chi connectivity index (χ4n) is 3.05. The smallest absolute Gasteiger partial charge is 0.0366 e. The van der Waals surface area contributed by atoms with Crippen molar-refractivity contribution >= 4 is 0 Å². The fourth-order valence-corrected chi connectivity index (χ4v) is 3.05. The SMILES string of the molecule is CNC(c1c(C)cc(C)cc1C)C(CN)C(C)C. The Kier molecular flexibility index (Phi) is 5.36. The number of nitrogens with one attached hydrogen (secondary N) is 1. The van der Waals surface area contributed by atoms with Gasteiger partial charge in [-0.3, -0.25) is 0 Å². The van der Waals surface area contributed by atoms with Gasteiger partial charge in [-0.05, 0) is 62.9 Å². The van der Waals surface area contributed by atoms with E-state index in [4.69, 9.17) is 5.73 Å². The van der Waals surface area contributed by atoms with E-state index in [1.165, 1.54) is 22.3 Å². The molecule has 2 unspecified atom stereocenters. The highest BCUT2D eigenvalue weighted by Crippen LogP contribution is 2.32. The summed E-state index contributed by atoms with van der Waals surface area (Å²) in [7, 11) is 2.04. The molecule has 2 atom stereocenters. The maximum atomic E-state index is 5.98. The minimum absolute atomic E-state index is 0.343. The summed E-state index contributed by atoms with van der Waals surface area (Å²) in [5, 5.41) is 3.47. The lowest BCUT2D eigenvalue weighted by atomic mass is 9.81. The van der Waals surface area contributed by atoms with Crippen molar-refractivity contribution in [1.29, 1.82) is 0 Å². The van der Waals surface area contributed by atoms with Crippen molar-refractivity contribution in [3.8, 4) is 0 Å². The molecule has 0 saturated heterocycles. The van der Waals surface area contributed by atoms with Crippen molar-refractivity contribution < 1.29 is 0 Å². The zero-order valence-corrected chi connectivity index (χ0v) is 12.7. The lowest BCUT2D eigenvalue weighted by Crippen LogP contribution is -2.34. The van der Waals surface area contributed by atoms with Crippen molar-refractivity contribution in [2.75, 3.05) is 13.6 Å². The van der Waals surface area contributed by atoms with Gasteiger partial charge in [0.25, 0.3) is 0 Å². The zero-order valence-electron chi connectivity index (χ0n) is 12.7. The zero-order chi connectivity index (χ0) is 13.9. The minimum Gasteiger partial charge on any atom is -0.330 e. The van der Waals surface area contributed by atoms with Gasteiger partial charge in [0.1, 0.15) is 0 Å². The van der Waals surface area contributed by atoms with Crippen LogP contribution in [0.2, 0.25) is 0 Å². The average molecular weight is 248 g/mol. The summed E-state index contributed by atoms with van der Waals surface area (Å²) in [5.74, 6) is 1.04. The summed E-state index contributed by atoms with van der Waals surface area (Å²) >= 11 is 0. The molecule has 0 radical (unpaired) electrons. The van der Waals surface area contributed by atoms with Crippen LogP contribution >= 0.6 is 0 Å². The number of rotatable bonds is 5. The van der Waals surface area contributed by atoms with Gasteiger partial charge in [0.05, 0.1) is 0 Å². The molecule has 2 nitrogen and oxygen atoms in total. The lowest BCUT2D eigenvalue weighted by Gasteiger charge is -2.31. The maximum Gasteiger partial charge on any atom is 0.0366 e. The number of aryl methyl sites for hydroxylation is 3. The summed E-state index contributed by atoms with van der Waals surface area (Å²) < 4.78 is 0. The Morgan fingerprint density at radius 1 is 1.11 bits per heavy atom. The van der Waals surface area contributed by atoms with E-state index >= 15 is 0 Å². The molecule has 0 fully saturated rings. The molecule has 0 aliphatic carbocycles. The van der Waals surface area contributed by atoms with Crippen LogP contribution in [0.15, 0.2) is 12.1 Å². The normalized spacial score (nSPS) is 14.9. The van der Waals surface area contributed by atoms with Crippen molar-refractivity contribution in [2.24, 2.45) is 17.6 Å². The molecule has 0 amide bonds. The third-order valence-corrected chi connectivity index (χ3v) is 3.92. The van der Waals surface area contributed by atoms with Crippen LogP contribution < -0.4 is 11.1 Å². The quantitative estimate of drug-likeness (QED) is 0.840. The second-order valence-electron chi connectivity index (χ2n) is 5.72. The Balaban J connectivity index is 3.24. The molecule has 0 heterocycles. The van der Waals surface area contributed by atoms with Gasteiger partial charge in [-0.15, -0.1) is 0 Å². The summed E-state index contributed by atoms with van der Waals surface area (Å²) in [6.07, 6.45) is 0. The van der Waals surface area contributed by atoms with E-state index in [1.54, 1.807) is 0 Å². The standard InChI is InChI=1S/C16H28N2/c1-10(2)14(9-17)16(18-6)15-12(4)7-11(3)8-13(15)5/h7-8,10,14,16,18H,9,17H2,1-6H3. The highest BCUT2D eigenvalue weighted by molar-refractivity contribution is 5.40. The van der Waals surface area contributed by atoms with Crippen LogP contribution in [0.3, 0.4) is 0 Å². The fraction of sp³-hybridized carbons (Fsp3) is 0.625.